The SMILES string of the molecule is CC=O.[SeH][SeH]. The molecule has 0 fully saturated rings. The zero-order valence-electron chi connectivity index (χ0n) is 2.88. The maximum atomic E-state index is 8.81. The van der Waals surface area contributed by atoms with E-state index in [2.05, 4.69) is 28.4 Å². The van der Waals surface area contributed by atoms with Gasteiger partial charge in [0.05, 0.1) is 0 Å². The third kappa shape index (κ3) is 68.8. The first-order valence-corrected chi connectivity index (χ1v) is 6.21. The molecule has 0 atom stereocenters. The van der Waals surface area contributed by atoms with Crippen LogP contribution in [0.2, 0.25) is 0 Å². The van der Waals surface area contributed by atoms with Crippen molar-refractivity contribution in [1.29, 1.82) is 0 Å². The summed E-state index contributed by atoms with van der Waals surface area (Å²) in [5.74, 6) is 0. The molecule has 0 saturated heterocycles. The third-order valence-electron chi connectivity index (χ3n) is 0. The fourth-order valence-corrected chi connectivity index (χ4v) is 0. The minimum atomic E-state index is 0.750. The Morgan fingerprint density at radius 1 is 1.60 bits per heavy atom. The van der Waals surface area contributed by atoms with Crippen molar-refractivity contribution < 1.29 is 4.79 Å². The van der Waals surface area contributed by atoms with Gasteiger partial charge in [-0.15, -0.1) is 0 Å². The van der Waals surface area contributed by atoms with Gasteiger partial charge in [-0.3, -0.25) is 0 Å². The number of carbonyl (C=O) groups excluding carboxylic acids is 1. The molecule has 3 heteroatoms. The first kappa shape index (κ1) is 9.20. The Balaban J connectivity index is 0. The van der Waals surface area contributed by atoms with Crippen LogP contribution in [0.5, 0.6) is 0 Å². The van der Waals surface area contributed by atoms with Crippen molar-refractivity contribution in [3.63, 3.8) is 0 Å². The quantitative estimate of drug-likeness (QED) is 0.362. The minimum absolute atomic E-state index is 0.750. The monoisotopic (exact) mass is 206 g/mol. The van der Waals surface area contributed by atoms with Crippen molar-refractivity contribution in [2.75, 3.05) is 0 Å². The fourth-order valence-electron chi connectivity index (χ4n) is 0. The third-order valence-corrected chi connectivity index (χ3v) is 0. The van der Waals surface area contributed by atoms with Crippen molar-refractivity contribution in [3.05, 3.63) is 0 Å². The average Bonchev–Trinajstić information content (AvgIpc) is 1.46. The van der Waals surface area contributed by atoms with E-state index in [0.717, 1.165) is 6.29 Å². The summed E-state index contributed by atoms with van der Waals surface area (Å²) in [6.07, 6.45) is 0.750. The summed E-state index contributed by atoms with van der Waals surface area (Å²) in [7, 11) is 0. The van der Waals surface area contributed by atoms with Crippen LogP contribution in [0.4, 0.5) is 0 Å². The normalized spacial score (nSPS) is 3.80. The summed E-state index contributed by atoms with van der Waals surface area (Å²) in [4.78, 5) is 8.81. The molecule has 0 aromatic heterocycles. The molecule has 1 nitrogen and oxygen atoms in total. The summed E-state index contributed by atoms with van der Waals surface area (Å²) in [5, 5.41) is 0. The van der Waals surface area contributed by atoms with Gasteiger partial charge in [0.1, 0.15) is 6.29 Å². The van der Waals surface area contributed by atoms with E-state index in [1.54, 1.807) is 0 Å². The molecule has 5 heavy (non-hydrogen) atoms. The summed E-state index contributed by atoms with van der Waals surface area (Å²) in [5.41, 5.74) is 0. The van der Waals surface area contributed by atoms with E-state index in [0.29, 0.717) is 0 Å². The Hall–Kier alpha value is 0.709. The first-order valence-electron chi connectivity index (χ1n) is 1.01. The number of hydrogen-bond donors (Lipinski definition) is 0. The fraction of sp³-hybridized carbons (Fsp3) is 0.500. The molecule has 0 spiro atoms. The number of carbonyl (C=O) groups is 1. The molecular formula is C2H6OSe2. The van der Waals surface area contributed by atoms with Crippen LogP contribution in [0.1, 0.15) is 6.92 Å². The molecule has 32 valence electrons. The summed E-state index contributed by atoms with van der Waals surface area (Å²) in [6, 6.07) is 0. The van der Waals surface area contributed by atoms with Gasteiger partial charge in [-0.2, -0.15) is 0 Å². The average molecular weight is 204 g/mol. The van der Waals surface area contributed by atoms with Crippen molar-refractivity contribution in [2.45, 2.75) is 6.92 Å². The predicted octanol–water partition coefficient (Wildman–Crippen LogP) is -1.09. The van der Waals surface area contributed by atoms with Crippen molar-refractivity contribution in [1.82, 2.24) is 0 Å². The zero-order chi connectivity index (χ0) is 4.71. The van der Waals surface area contributed by atoms with Crippen LogP contribution in [0.3, 0.4) is 0 Å². The summed E-state index contributed by atoms with van der Waals surface area (Å²) < 4.78 is 0. The molecule has 0 heterocycles. The van der Waals surface area contributed by atoms with Gasteiger partial charge in [0, 0.05) is 0 Å². The molecule has 0 N–H and O–H groups in total. The first-order chi connectivity index (χ1) is 2.41. The Kier molecular flexibility index (Phi) is 40.8. The topological polar surface area (TPSA) is 17.1 Å². The molecule has 0 aliphatic rings. The van der Waals surface area contributed by atoms with Gasteiger partial charge < -0.3 is 4.79 Å². The second kappa shape index (κ2) is 22.2. The van der Waals surface area contributed by atoms with E-state index in [1.165, 1.54) is 6.92 Å². The van der Waals surface area contributed by atoms with Gasteiger partial charge >= 0.3 is 28.4 Å². The zero-order valence-corrected chi connectivity index (χ0v) is 6.63. The van der Waals surface area contributed by atoms with Gasteiger partial charge in [0.15, 0.2) is 0 Å². The molecule has 0 saturated carbocycles. The van der Waals surface area contributed by atoms with Crippen LogP contribution >= 0.6 is 0 Å². The standard InChI is InChI=1S/C2H4O.H2Se2/c1-2-3;1-2/h2H,1H3;1-2H. The predicted molar refractivity (Wildman–Crippen MR) is 26.0 cm³/mol. The molecular weight excluding hydrogens is 198 g/mol. The van der Waals surface area contributed by atoms with Gasteiger partial charge in [0.25, 0.3) is 0 Å². The van der Waals surface area contributed by atoms with E-state index >= 15 is 0 Å². The maximum absolute atomic E-state index is 8.81. The van der Waals surface area contributed by atoms with E-state index in [9.17, 15) is 0 Å². The molecule has 0 aromatic carbocycles. The Morgan fingerprint density at radius 3 is 1.60 bits per heavy atom. The molecule has 0 bridgehead atoms. The molecule has 0 aliphatic heterocycles. The van der Waals surface area contributed by atoms with Crippen molar-refractivity contribution >= 4 is 34.7 Å². The van der Waals surface area contributed by atoms with Crippen LogP contribution in [0, 0.1) is 0 Å². The van der Waals surface area contributed by atoms with Gasteiger partial charge in [-0.25, -0.2) is 0 Å². The van der Waals surface area contributed by atoms with E-state index in [-0.39, 0.29) is 0 Å². The summed E-state index contributed by atoms with van der Waals surface area (Å²) >= 11 is 4.50. The van der Waals surface area contributed by atoms with Gasteiger partial charge in [-0.1, -0.05) is 0 Å². The van der Waals surface area contributed by atoms with Crippen LogP contribution in [-0.2, 0) is 4.79 Å². The number of aldehydes is 1. The van der Waals surface area contributed by atoms with Crippen LogP contribution in [-0.4, -0.2) is 34.7 Å². The summed E-state index contributed by atoms with van der Waals surface area (Å²) in [6.45, 7) is 1.44. The second-order valence-corrected chi connectivity index (χ2v) is 0.236. The van der Waals surface area contributed by atoms with Crippen molar-refractivity contribution in [2.24, 2.45) is 0 Å². The van der Waals surface area contributed by atoms with E-state index in [1.807, 2.05) is 0 Å². The van der Waals surface area contributed by atoms with Crippen LogP contribution in [0.15, 0.2) is 0 Å². The molecule has 0 rings (SSSR count). The molecule has 0 aliphatic carbocycles. The molecule has 0 radical (unpaired) electrons. The molecule has 0 unspecified atom stereocenters. The van der Waals surface area contributed by atoms with E-state index < -0.39 is 0 Å². The molecule has 0 aromatic rings. The van der Waals surface area contributed by atoms with Crippen LogP contribution < -0.4 is 0 Å². The van der Waals surface area contributed by atoms with Gasteiger partial charge in [0.2, 0.25) is 0 Å². The Labute approximate surface area is 46.7 Å². The Bertz CT molecular complexity index is 15.1. The number of rotatable bonds is 0. The molecule has 0 amide bonds. The number of hydrogen-bond acceptors (Lipinski definition) is 1. The second-order valence-electron chi connectivity index (χ2n) is 0.236. The van der Waals surface area contributed by atoms with E-state index in [4.69, 9.17) is 4.79 Å². The van der Waals surface area contributed by atoms with Crippen molar-refractivity contribution in [3.8, 4) is 0 Å². The Morgan fingerprint density at radius 2 is 1.60 bits per heavy atom. The van der Waals surface area contributed by atoms with Crippen LogP contribution in [0.25, 0.3) is 0 Å². The van der Waals surface area contributed by atoms with Gasteiger partial charge in [-0.05, 0) is 6.92 Å².